The van der Waals surface area contributed by atoms with Gasteiger partial charge in [0.2, 0.25) is 0 Å². The van der Waals surface area contributed by atoms with Crippen LogP contribution in [-0.4, -0.2) is 19.5 Å². The van der Waals surface area contributed by atoms with E-state index in [1.807, 2.05) is 0 Å². The Balaban J connectivity index is 2.33. The van der Waals surface area contributed by atoms with E-state index in [1.54, 1.807) is 18.2 Å². The smallest absolute Gasteiger partial charge is 0.329 e. The molecule has 7 heteroatoms. The summed E-state index contributed by atoms with van der Waals surface area (Å²) < 4.78 is 0.939. The summed E-state index contributed by atoms with van der Waals surface area (Å²) in [4.78, 5) is 45.0. The molecule has 0 aliphatic rings. The van der Waals surface area contributed by atoms with Crippen molar-refractivity contribution in [2.24, 2.45) is 0 Å². The molecule has 3 rings (SSSR count). The maximum absolute atomic E-state index is 12.5. The zero-order chi connectivity index (χ0) is 14.8. The Bertz CT molecular complexity index is 954. The second-order valence-electron chi connectivity index (χ2n) is 4.27. The minimum atomic E-state index is -0.593. The third kappa shape index (κ3) is 2.20. The maximum Gasteiger partial charge on any atom is 0.333 e. The zero-order valence-corrected chi connectivity index (χ0v) is 10.7. The van der Waals surface area contributed by atoms with E-state index in [0.717, 1.165) is 4.57 Å². The van der Waals surface area contributed by atoms with Crippen LogP contribution in [0.25, 0.3) is 16.8 Å². The van der Waals surface area contributed by atoms with E-state index in [1.165, 1.54) is 30.9 Å². The topological polar surface area (TPSA) is 101 Å². The third-order valence-corrected chi connectivity index (χ3v) is 2.99. The van der Waals surface area contributed by atoms with Gasteiger partial charge in [-0.15, -0.1) is 0 Å². The summed E-state index contributed by atoms with van der Waals surface area (Å²) in [6.45, 7) is 0. The highest BCUT2D eigenvalue weighted by Crippen LogP contribution is 2.08. The number of hydrogen-bond donors (Lipinski definition) is 2. The lowest BCUT2D eigenvalue weighted by atomic mass is 10.1. The van der Waals surface area contributed by atoms with E-state index in [4.69, 9.17) is 0 Å². The van der Waals surface area contributed by atoms with E-state index in [-0.39, 0.29) is 11.1 Å². The molecule has 0 radical (unpaired) electrons. The van der Waals surface area contributed by atoms with Crippen molar-refractivity contribution in [1.82, 2.24) is 19.5 Å². The van der Waals surface area contributed by atoms with Gasteiger partial charge in [0.05, 0.1) is 23.0 Å². The molecule has 7 nitrogen and oxygen atoms in total. The summed E-state index contributed by atoms with van der Waals surface area (Å²) in [6.07, 6.45) is 5.64. The first-order valence-corrected chi connectivity index (χ1v) is 6.11. The van der Waals surface area contributed by atoms with Crippen molar-refractivity contribution < 1.29 is 0 Å². The van der Waals surface area contributed by atoms with Gasteiger partial charge in [-0.05, 0) is 24.3 Å². The van der Waals surface area contributed by atoms with E-state index in [0.29, 0.717) is 5.69 Å². The average molecular weight is 282 g/mol. The minimum Gasteiger partial charge on any atom is -0.329 e. The quantitative estimate of drug-likeness (QED) is 0.704. The Labute approximate surface area is 117 Å². The highest BCUT2D eigenvalue weighted by molar-refractivity contribution is 5.60. The number of H-pyrrole nitrogens is 2. The van der Waals surface area contributed by atoms with Crippen molar-refractivity contribution in [3.63, 3.8) is 0 Å². The average Bonchev–Trinajstić information content (AvgIpc) is 2.50. The molecule has 0 fully saturated rings. The lowest BCUT2D eigenvalue weighted by molar-refractivity contribution is 0.872. The van der Waals surface area contributed by atoms with Gasteiger partial charge in [-0.2, -0.15) is 0 Å². The van der Waals surface area contributed by atoms with Crippen LogP contribution in [0.15, 0.2) is 63.4 Å². The van der Waals surface area contributed by atoms with Crippen LogP contribution in [0.5, 0.6) is 0 Å². The molecule has 0 atom stereocenters. The molecule has 3 heterocycles. The molecule has 0 saturated carbocycles. The number of pyridine rings is 2. The molecule has 21 heavy (non-hydrogen) atoms. The largest absolute Gasteiger partial charge is 0.333 e. The van der Waals surface area contributed by atoms with Gasteiger partial charge in [0, 0.05) is 18.6 Å². The van der Waals surface area contributed by atoms with Gasteiger partial charge in [0.15, 0.2) is 0 Å². The minimum absolute atomic E-state index is 0.111. The van der Waals surface area contributed by atoms with E-state index in [9.17, 15) is 14.4 Å². The van der Waals surface area contributed by atoms with Crippen molar-refractivity contribution >= 4 is 0 Å². The molecule has 0 amide bonds. The summed E-state index contributed by atoms with van der Waals surface area (Å²) >= 11 is 0. The second-order valence-corrected chi connectivity index (χ2v) is 4.27. The van der Waals surface area contributed by atoms with Gasteiger partial charge >= 0.3 is 5.69 Å². The van der Waals surface area contributed by atoms with E-state index >= 15 is 0 Å². The SMILES string of the molecule is O=c1[nH]cccc1-c1c[nH]c(=O)n(-c2cccnc2)c1=O. The van der Waals surface area contributed by atoms with Crippen molar-refractivity contribution in [1.29, 1.82) is 0 Å². The Kier molecular flexibility index (Phi) is 3.07. The first-order chi connectivity index (χ1) is 10.2. The fourth-order valence-electron chi connectivity index (χ4n) is 2.02. The number of aromatic amines is 2. The molecular weight excluding hydrogens is 272 g/mol. The molecular formula is C14H10N4O3. The Morgan fingerprint density at radius 1 is 1.00 bits per heavy atom. The molecule has 0 aliphatic heterocycles. The summed E-state index contributed by atoms with van der Waals surface area (Å²) in [5.41, 5.74) is -0.943. The third-order valence-electron chi connectivity index (χ3n) is 2.99. The number of rotatable bonds is 2. The van der Waals surface area contributed by atoms with Gasteiger partial charge in [-0.3, -0.25) is 14.6 Å². The van der Waals surface area contributed by atoms with Crippen LogP contribution in [-0.2, 0) is 0 Å². The number of nitrogens with zero attached hydrogens (tertiary/aromatic N) is 2. The Morgan fingerprint density at radius 2 is 1.86 bits per heavy atom. The van der Waals surface area contributed by atoms with Gasteiger partial charge in [0.1, 0.15) is 0 Å². The normalized spacial score (nSPS) is 10.5. The Morgan fingerprint density at radius 3 is 2.57 bits per heavy atom. The fourth-order valence-corrected chi connectivity index (χ4v) is 2.02. The van der Waals surface area contributed by atoms with Crippen LogP contribution in [0, 0.1) is 0 Å². The summed E-state index contributed by atoms with van der Waals surface area (Å²) in [7, 11) is 0. The fraction of sp³-hybridized carbons (Fsp3) is 0. The van der Waals surface area contributed by atoms with E-state index < -0.39 is 16.8 Å². The number of hydrogen-bond acceptors (Lipinski definition) is 4. The molecule has 0 aliphatic carbocycles. The molecule has 0 bridgehead atoms. The van der Waals surface area contributed by atoms with Crippen molar-refractivity contribution in [3.8, 4) is 16.8 Å². The van der Waals surface area contributed by atoms with Gasteiger partial charge in [0.25, 0.3) is 11.1 Å². The Hall–Kier alpha value is -3.22. The highest BCUT2D eigenvalue weighted by Gasteiger charge is 2.13. The van der Waals surface area contributed by atoms with Crippen LogP contribution in [0.1, 0.15) is 0 Å². The molecule has 0 unspecified atom stereocenters. The lowest BCUT2D eigenvalue weighted by Crippen LogP contribution is -2.35. The summed E-state index contributed by atoms with van der Waals surface area (Å²) in [5.74, 6) is 0. The molecule has 3 aromatic rings. The van der Waals surface area contributed by atoms with Crippen LogP contribution in [0.3, 0.4) is 0 Å². The lowest BCUT2D eigenvalue weighted by Gasteiger charge is -2.06. The van der Waals surface area contributed by atoms with Crippen LogP contribution in [0.4, 0.5) is 0 Å². The first-order valence-electron chi connectivity index (χ1n) is 6.11. The standard InChI is InChI=1S/C14H10N4O3/c19-12-10(4-2-6-16-12)11-8-17-14(21)18(13(11)20)9-3-1-5-15-7-9/h1-8H,(H,16,19)(H,17,21). The molecule has 104 valence electrons. The molecule has 0 spiro atoms. The summed E-state index contributed by atoms with van der Waals surface area (Å²) in [6, 6.07) is 6.32. The van der Waals surface area contributed by atoms with Gasteiger partial charge < -0.3 is 9.97 Å². The predicted molar refractivity (Wildman–Crippen MR) is 76.5 cm³/mol. The maximum atomic E-state index is 12.5. The van der Waals surface area contributed by atoms with Crippen molar-refractivity contribution in [3.05, 3.63) is 80.2 Å². The van der Waals surface area contributed by atoms with Gasteiger partial charge in [-0.25, -0.2) is 9.36 Å². The zero-order valence-electron chi connectivity index (χ0n) is 10.7. The van der Waals surface area contributed by atoms with Gasteiger partial charge in [-0.1, -0.05) is 0 Å². The van der Waals surface area contributed by atoms with Crippen LogP contribution in [0.2, 0.25) is 0 Å². The molecule has 3 aromatic heterocycles. The van der Waals surface area contributed by atoms with Crippen LogP contribution >= 0.6 is 0 Å². The monoisotopic (exact) mass is 282 g/mol. The molecule has 0 saturated heterocycles. The summed E-state index contributed by atoms with van der Waals surface area (Å²) in [5, 5.41) is 0. The van der Waals surface area contributed by atoms with Crippen LogP contribution < -0.4 is 16.8 Å². The van der Waals surface area contributed by atoms with Crippen molar-refractivity contribution in [2.45, 2.75) is 0 Å². The van der Waals surface area contributed by atoms with E-state index in [2.05, 4.69) is 15.0 Å². The predicted octanol–water partition coefficient (Wildman–Crippen LogP) is 0.276. The second kappa shape index (κ2) is 5.04. The number of aromatic nitrogens is 4. The van der Waals surface area contributed by atoms with Crippen molar-refractivity contribution in [2.75, 3.05) is 0 Å². The first kappa shape index (κ1) is 12.8. The highest BCUT2D eigenvalue weighted by atomic mass is 16.2. The molecule has 2 N–H and O–H groups in total. The number of nitrogens with one attached hydrogen (secondary N) is 2. The molecule has 0 aromatic carbocycles.